The second-order valence-corrected chi connectivity index (χ2v) is 10.2. The number of nitrogens with one attached hydrogen (secondary N) is 1. The lowest BCUT2D eigenvalue weighted by Gasteiger charge is -2.25. The standard InChI is InChI=1S/C19H19BrCl2N2O4S/c20-16-10-13(21)11-17(22)19(16)28-12-18(25)23-14-4-6-15(7-5-14)29(26,27)24-8-2-1-3-9-24/h4-7,10-11H,1-3,8-9,12H2,(H,23,25). The number of hydrogen-bond donors (Lipinski definition) is 1. The molecule has 0 aromatic heterocycles. The molecule has 2 aromatic rings. The van der Waals surface area contributed by atoms with Crippen LogP contribution in [0.25, 0.3) is 0 Å². The Labute approximate surface area is 188 Å². The molecular weight excluding hydrogens is 503 g/mol. The Balaban J connectivity index is 1.60. The molecular formula is C19H19BrCl2N2O4S. The first-order chi connectivity index (χ1) is 13.8. The highest BCUT2D eigenvalue weighted by Gasteiger charge is 2.25. The van der Waals surface area contributed by atoms with Crippen molar-refractivity contribution in [1.82, 2.24) is 4.31 Å². The minimum absolute atomic E-state index is 0.213. The highest BCUT2D eigenvalue weighted by molar-refractivity contribution is 9.10. The molecule has 156 valence electrons. The van der Waals surface area contributed by atoms with Crippen LogP contribution < -0.4 is 10.1 Å². The van der Waals surface area contributed by atoms with Crippen LogP contribution in [-0.4, -0.2) is 38.3 Å². The summed E-state index contributed by atoms with van der Waals surface area (Å²) in [7, 11) is -3.50. The maximum Gasteiger partial charge on any atom is 0.262 e. The summed E-state index contributed by atoms with van der Waals surface area (Å²) in [6.07, 6.45) is 2.80. The molecule has 3 rings (SSSR count). The molecule has 0 aliphatic carbocycles. The number of carbonyl (C=O) groups is 1. The van der Waals surface area contributed by atoms with Crippen molar-refractivity contribution >= 4 is 60.7 Å². The van der Waals surface area contributed by atoms with Crippen LogP contribution in [0.1, 0.15) is 19.3 Å². The van der Waals surface area contributed by atoms with Crippen molar-refractivity contribution in [3.05, 3.63) is 50.9 Å². The number of carbonyl (C=O) groups excluding carboxylic acids is 1. The molecule has 0 saturated carbocycles. The second kappa shape index (κ2) is 9.66. The summed E-state index contributed by atoms with van der Waals surface area (Å²) in [4.78, 5) is 12.4. The molecule has 1 aliphatic heterocycles. The Morgan fingerprint density at radius 3 is 2.38 bits per heavy atom. The Morgan fingerprint density at radius 1 is 1.10 bits per heavy atom. The summed E-state index contributed by atoms with van der Waals surface area (Å²) in [5, 5.41) is 3.39. The number of anilines is 1. The molecule has 10 heteroatoms. The number of sulfonamides is 1. The summed E-state index contributed by atoms with van der Waals surface area (Å²) < 4.78 is 32.8. The quantitative estimate of drug-likeness (QED) is 0.583. The maximum absolute atomic E-state index is 12.7. The number of piperidine rings is 1. The first-order valence-electron chi connectivity index (χ1n) is 8.95. The molecule has 0 radical (unpaired) electrons. The van der Waals surface area contributed by atoms with E-state index in [1.807, 2.05) is 0 Å². The summed E-state index contributed by atoms with van der Waals surface area (Å²) >= 11 is 15.2. The monoisotopic (exact) mass is 520 g/mol. The summed E-state index contributed by atoms with van der Waals surface area (Å²) in [5.41, 5.74) is 0.470. The summed E-state index contributed by atoms with van der Waals surface area (Å²) in [6, 6.07) is 9.23. The molecule has 0 atom stereocenters. The van der Waals surface area contributed by atoms with Gasteiger partial charge in [-0.25, -0.2) is 8.42 Å². The van der Waals surface area contributed by atoms with E-state index in [4.69, 9.17) is 27.9 Å². The lowest BCUT2D eigenvalue weighted by Crippen LogP contribution is -2.35. The van der Waals surface area contributed by atoms with Crippen LogP contribution in [0.4, 0.5) is 5.69 Å². The van der Waals surface area contributed by atoms with Crippen LogP contribution in [0, 0.1) is 0 Å². The van der Waals surface area contributed by atoms with Crippen LogP contribution in [0.3, 0.4) is 0 Å². The van der Waals surface area contributed by atoms with Crippen molar-refractivity contribution in [3.63, 3.8) is 0 Å². The third kappa shape index (κ3) is 5.64. The number of rotatable bonds is 6. The summed E-state index contributed by atoms with van der Waals surface area (Å²) in [6.45, 7) is 0.815. The van der Waals surface area contributed by atoms with Crippen LogP contribution in [0.2, 0.25) is 10.0 Å². The van der Waals surface area contributed by atoms with Gasteiger partial charge >= 0.3 is 0 Å². The van der Waals surface area contributed by atoms with Crippen molar-refractivity contribution in [2.24, 2.45) is 0 Å². The highest BCUT2D eigenvalue weighted by atomic mass is 79.9. The third-order valence-electron chi connectivity index (χ3n) is 4.40. The molecule has 1 aliphatic rings. The smallest absolute Gasteiger partial charge is 0.262 e. The molecule has 1 heterocycles. The molecule has 6 nitrogen and oxygen atoms in total. The zero-order chi connectivity index (χ0) is 21.0. The van der Waals surface area contributed by atoms with E-state index < -0.39 is 15.9 Å². The van der Waals surface area contributed by atoms with E-state index in [1.165, 1.54) is 22.5 Å². The van der Waals surface area contributed by atoms with Crippen LogP contribution in [0.5, 0.6) is 5.75 Å². The lowest BCUT2D eigenvalue weighted by molar-refractivity contribution is -0.118. The summed E-state index contributed by atoms with van der Waals surface area (Å²) in [5.74, 6) is -0.0938. The average Bonchev–Trinajstić information content (AvgIpc) is 2.68. The topological polar surface area (TPSA) is 75.7 Å². The van der Waals surface area contributed by atoms with E-state index in [0.717, 1.165) is 19.3 Å². The normalized spacial score (nSPS) is 15.1. The van der Waals surface area contributed by atoms with E-state index in [9.17, 15) is 13.2 Å². The fraction of sp³-hybridized carbons (Fsp3) is 0.316. The lowest BCUT2D eigenvalue weighted by atomic mass is 10.2. The van der Waals surface area contributed by atoms with Crippen LogP contribution >= 0.6 is 39.1 Å². The zero-order valence-corrected chi connectivity index (χ0v) is 19.2. The number of hydrogen-bond acceptors (Lipinski definition) is 4. The molecule has 1 N–H and O–H groups in total. The van der Waals surface area contributed by atoms with Crippen molar-refractivity contribution in [3.8, 4) is 5.75 Å². The molecule has 0 bridgehead atoms. The van der Waals surface area contributed by atoms with E-state index >= 15 is 0 Å². The van der Waals surface area contributed by atoms with Crippen LogP contribution in [0.15, 0.2) is 45.8 Å². The minimum atomic E-state index is -3.50. The van der Waals surface area contributed by atoms with Gasteiger partial charge in [-0.3, -0.25) is 4.79 Å². The predicted molar refractivity (Wildman–Crippen MR) is 117 cm³/mol. The van der Waals surface area contributed by atoms with E-state index in [0.29, 0.717) is 34.0 Å². The molecule has 0 spiro atoms. The van der Waals surface area contributed by atoms with Crippen LogP contribution in [-0.2, 0) is 14.8 Å². The van der Waals surface area contributed by atoms with E-state index in [-0.39, 0.29) is 16.5 Å². The fourth-order valence-corrected chi connectivity index (χ4v) is 5.85. The number of halogens is 3. The number of nitrogens with zero attached hydrogens (tertiary/aromatic N) is 1. The molecule has 29 heavy (non-hydrogen) atoms. The molecule has 1 saturated heterocycles. The second-order valence-electron chi connectivity index (χ2n) is 6.52. The van der Waals surface area contributed by atoms with Gasteiger partial charge in [0.25, 0.3) is 5.91 Å². The highest BCUT2D eigenvalue weighted by Crippen LogP contribution is 2.36. The average molecular weight is 522 g/mol. The van der Waals surface area contributed by atoms with Crippen molar-refractivity contribution in [1.29, 1.82) is 0 Å². The fourth-order valence-electron chi connectivity index (χ4n) is 2.97. The zero-order valence-electron chi connectivity index (χ0n) is 15.3. The first kappa shape index (κ1) is 22.4. The van der Waals surface area contributed by atoms with Gasteiger partial charge in [0.05, 0.1) is 14.4 Å². The first-order valence-corrected chi connectivity index (χ1v) is 11.9. The Kier molecular flexibility index (Phi) is 7.45. The molecule has 0 unspecified atom stereocenters. The third-order valence-corrected chi connectivity index (χ3v) is 7.40. The largest absolute Gasteiger partial charge is 0.481 e. The van der Waals surface area contributed by atoms with Gasteiger partial charge in [0.2, 0.25) is 10.0 Å². The Morgan fingerprint density at radius 2 is 1.76 bits per heavy atom. The van der Waals surface area contributed by atoms with Gasteiger partial charge < -0.3 is 10.1 Å². The van der Waals surface area contributed by atoms with Gasteiger partial charge in [-0.2, -0.15) is 4.31 Å². The van der Waals surface area contributed by atoms with Gasteiger partial charge in [0.15, 0.2) is 12.4 Å². The van der Waals surface area contributed by atoms with Gasteiger partial charge in [-0.1, -0.05) is 29.6 Å². The van der Waals surface area contributed by atoms with Crippen molar-refractivity contribution in [2.75, 3.05) is 25.0 Å². The van der Waals surface area contributed by atoms with E-state index in [1.54, 1.807) is 18.2 Å². The number of benzene rings is 2. The van der Waals surface area contributed by atoms with E-state index in [2.05, 4.69) is 21.2 Å². The predicted octanol–water partition coefficient (Wildman–Crippen LogP) is 4.95. The minimum Gasteiger partial charge on any atom is -0.481 e. The molecule has 1 amide bonds. The maximum atomic E-state index is 12.7. The van der Waals surface area contributed by atoms with Crippen molar-refractivity contribution in [2.45, 2.75) is 24.2 Å². The van der Waals surface area contributed by atoms with Gasteiger partial charge in [-0.05, 0) is 65.2 Å². The van der Waals surface area contributed by atoms with Gasteiger partial charge in [-0.15, -0.1) is 0 Å². The molecule has 2 aromatic carbocycles. The molecule has 1 fully saturated rings. The van der Waals surface area contributed by atoms with Crippen molar-refractivity contribution < 1.29 is 17.9 Å². The Bertz CT molecular complexity index is 971. The van der Waals surface area contributed by atoms with Gasteiger partial charge in [0, 0.05) is 23.8 Å². The number of amides is 1. The van der Waals surface area contributed by atoms with Gasteiger partial charge in [0.1, 0.15) is 0 Å². The SMILES string of the molecule is O=C(COc1c(Cl)cc(Cl)cc1Br)Nc1ccc(S(=O)(=O)N2CCCCC2)cc1. The Hall–Kier alpha value is -1.32. The number of ether oxygens (including phenoxy) is 1.